The summed E-state index contributed by atoms with van der Waals surface area (Å²) in [7, 11) is 0. The summed E-state index contributed by atoms with van der Waals surface area (Å²) < 4.78 is 4.86. The zero-order valence-electron chi connectivity index (χ0n) is 10.9. The molecule has 0 radical (unpaired) electrons. The Morgan fingerprint density at radius 1 is 1.60 bits per heavy atom. The molecule has 1 N–H and O–H groups in total. The highest BCUT2D eigenvalue weighted by atomic mass is 32.1. The molecule has 7 heteroatoms. The molecule has 0 amide bonds. The fourth-order valence-electron chi connectivity index (χ4n) is 1.41. The molecule has 0 saturated carbocycles. The van der Waals surface area contributed by atoms with Crippen LogP contribution in [0.2, 0.25) is 0 Å². The van der Waals surface area contributed by atoms with Gasteiger partial charge in [0.05, 0.1) is 24.9 Å². The summed E-state index contributed by atoms with van der Waals surface area (Å²) in [6, 6.07) is 3.73. The maximum Gasteiger partial charge on any atom is 0.311 e. The van der Waals surface area contributed by atoms with Crippen molar-refractivity contribution in [2.45, 2.75) is 13.3 Å². The summed E-state index contributed by atoms with van der Waals surface area (Å²) in [4.78, 5) is 19.5. The van der Waals surface area contributed by atoms with Gasteiger partial charge >= 0.3 is 5.97 Å². The van der Waals surface area contributed by atoms with Crippen LogP contribution in [0.1, 0.15) is 18.2 Å². The molecule has 0 atom stereocenters. The Labute approximate surface area is 120 Å². The number of anilines is 1. The predicted molar refractivity (Wildman–Crippen MR) is 77.9 cm³/mol. The van der Waals surface area contributed by atoms with Gasteiger partial charge in [0.2, 0.25) is 5.13 Å². The molecule has 2 rings (SSSR count). The van der Waals surface area contributed by atoms with Crippen LogP contribution >= 0.6 is 11.3 Å². The molecule has 0 aliphatic heterocycles. The smallest absolute Gasteiger partial charge is 0.311 e. The molecule has 104 valence electrons. The van der Waals surface area contributed by atoms with Crippen molar-refractivity contribution < 1.29 is 9.53 Å². The van der Waals surface area contributed by atoms with E-state index >= 15 is 0 Å². The molecule has 0 spiro atoms. The number of esters is 1. The molecule has 0 unspecified atom stereocenters. The van der Waals surface area contributed by atoms with Crippen molar-refractivity contribution in [3.63, 3.8) is 0 Å². The largest absolute Gasteiger partial charge is 0.466 e. The summed E-state index contributed by atoms with van der Waals surface area (Å²) in [6.07, 6.45) is 5.24. The van der Waals surface area contributed by atoms with E-state index in [2.05, 4.69) is 20.5 Å². The van der Waals surface area contributed by atoms with Gasteiger partial charge in [-0.15, -0.1) is 11.3 Å². The first-order chi connectivity index (χ1) is 9.78. The van der Waals surface area contributed by atoms with E-state index < -0.39 is 0 Å². The molecule has 0 bridgehead atoms. The third kappa shape index (κ3) is 4.43. The van der Waals surface area contributed by atoms with Gasteiger partial charge in [-0.3, -0.25) is 15.2 Å². The van der Waals surface area contributed by atoms with Crippen LogP contribution in [0, 0.1) is 0 Å². The maximum atomic E-state index is 11.3. The molecular weight excluding hydrogens is 276 g/mol. The van der Waals surface area contributed by atoms with Gasteiger partial charge in [-0.2, -0.15) is 5.10 Å². The number of carbonyl (C=O) groups is 1. The fourth-order valence-corrected chi connectivity index (χ4v) is 2.07. The number of rotatable bonds is 6. The number of hydrogen-bond donors (Lipinski definition) is 1. The van der Waals surface area contributed by atoms with E-state index in [1.807, 2.05) is 12.1 Å². The molecule has 2 aromatic rings. The van der Waals surface area contributed by atoms with E-state index in [-0.39, 0.29) is 12.4 Å². The Morgan fingerprint density at radius 2 is 2.50 bits per heavy atom. The lowest BCUT2D eigenvalue weighted by molar-refractivity contribution is -0.142. The summed E-state index contributed by atoms with van der Waals surface area (Å²) in [5.41, 5.74) is 4.38. The Hall–Kier alpha value is -2.28. The van der Waals surface area contributed by atoms with Gasteiger partial charge in [-0.25, -0.2) is 4.98 Å². The highest BCUT2D eigenvalue weighted by Crippen LogP contribution is 2.15. The van der Waals surface area contributed by atoms with Crippen molar-refractivity contribution in [3.05, 3.63) is 41.2 Å². The molecule has 2 heterocycles. The second-order valence-corrected chi connectivity index (χ2v) is 4.64. The monoisotopic (exact) mass is 290 g/mol. The average Bonchev–Trinajstić information content (AvgIpc) is 2.88. The van der Waals surface area contributed by atoms with Crippen molar-refractivity contribution in [1.29, 1.82) is 0 Å². The zero-order valence-corrected chi connectivity index (χ0v) is 11.8. The number of pyridine rings is 1. The highest BCUT2D eigenvalue weighted by Gasteiger charge is 2.07. The van der Waals surface area contributed by atoms with Crippen LogP contribution in [0.4, 0.5) is 5.13 Å². The predicted octanol–water partition coefficient (Wildman–Crippen LogP) is 2.09. The first-order valence-electron chi connectivity index (χ1n) is 6.07. The molecule has 20 heavy (non-hydrogen) atoms. The maximum absolute atomic E-state index is 11.3. The number of carbonyl (C=O) groups excluding carboxylic acids is 1. The van der Waals surface area contributed by atoms with Gasteiger partial charge in [-0.1, -0.05) is 6.07 Å². The fraction of sp³-hybridized carbons (Fsp3) is 0.231. The SMILES string of the molecule is CCOC(=O)Cc1csc(N/N=C\c2cccnc2)n1. The van der Waals surface area contributed by atoms with Crippen molar-refractivity contribution in [2.75, 3.05) is 12.0 Å². The summed E-state index contributed by atoms with van der Waals surface area (Å²) in [6.45, 7) is 2.16. The van der Waals surface area contributed by atoms with E-state index in [1.165, 1.54) is 11.3 Å². The molecular formula is C13H14N4O2S. The van der Waals surface area contributed by atoms with Gasteiger partial charge in [0.25, 0.3) is 0 Å². The number of nitrogens with zero attached hydrogens (tertiary/aromatic N) is 3. The number of thiazole rings is 1. The lowest BCUT2D eigenvalue weighted by atomic mass is 10.3. The Kier molecular flexibility index (Phi) is 5.19. The third-order valence-electron chi connectivity index (χ3n) is 2.24. The van der Waals surface area contributed by atoms with Crippen LogP contribution < -0.4 is 5.43 Å². The van der Waals surface area contributed by atoms with Gasteiger partial charge in [0.15, 0.2) is 0 Å². The quantitative estimate of drug-likeness (QED) is 0.501. The Morgan fingerprint density at radius 3 is 3.25 bits per heavy atom. The molecule has 2 aromatic heterocycles. The number of hydrazone groups is 1. The molecule has 0 fully saturated rings. The van der Waals surface area contributed by atoms with Crippen LogP contribution in [0.5, 0.6) is 0 Å². The van der Waals surface area contributed by atoms with E-state index in [9.17, 15) is 4.79 Å². The topological polar surface area (TPSA) is 76.5 Å². The summed E-state index contributed by atoms with van der Waals surface area (Å²) >= 11 is 1.39. The van der Waals surface area contributed by atoms with Crippen LogP contribution in [0.3, 0.4) is 0 Å². The normalized spacial score (nSPS) is 10.7. The highest BCUT2D eigenvalue weighted by molar-refractivity contribution is 7.13. The van der Waals surface area contributed by atoms with Crippen molar-refractivity contribution in [2.24, 2.45) is 5.10 Å². The van der Waals surface area contributed by atoms with Crippen molar-refractivity contribution >= 4 is 28.7 Å². The van der Waals surface area contributed by atoms with Crippen molar-refractivity contribution in [1.82, 2.24) is 9.97 Å². The van der Waals surface area contributed by atoms with Crippen LogP contribution in [0.25, 0.3) is 0 Å². The standard InChI is InChI=1S/C13H14N4O2S/c1-2-19-12(18)6-11-9-20-13(16-11)17-15-8-10-4-3-5-14-7-10/h3-5,7-9H,2,6H2,1H3,(H,16,17)/b15-8-. The Balaban J connectivity index is 1.87. The molecule has 0 aromatic carbocycles. The number of nitrogens with one attached hydrogen (secondary N) is 1. The minimum atomic E-state index is -0.275. The molecule has 0 aliphatic rings. The third-order valence-corrected chi connectivity index (χ3v) is 3.04. The number of aromatic nitrogens is 2. The minimum absolute atomic E-state index is 0.179. The lowest BCUT2D eigenvalue weighted by Crippen LogP contribution is -2.07. The Bertz CT molecular complexity index is 583. The van der Waals surface area contributed by atoms with E-state index in [0.717, 1.165) is 5.56 Å². The van der Waals surface area contributed by atoms with Gasteiger partial charge in [0.1, 0.15) is 0 Å². The van der Waals surface area contributed by atoms with Gasteiger partial charge < -0.3 is 4.74 Å². The second kappa shape index (κ2) is 7.34. The molecule has 6 nitrogen and oxygen atoms in total. The molecule has 0 saturated heterocycles. The van der Waals surface area contributed by atoms with Crippen LogP contribution in [0.15, 0.2) is 35.0 Å². The lowest BCUT2D eigenvalue weighted by Gasteiger charge is -1.98. The van der Waals surface area contributed by atoms with E-state index in [0.29, 0.717) is 17.4 Å². The summed E-state index contributed by atoms with van der Waals surface area (Å²) in [5, 5.41) is 6.49. The number of ether oxygens (including phenoxy) is 1. The second-order valence-electron chi connectivity index (χ2n) is 3.78. The molecule has 0 aliphatic carbocycles. The zero-order chi connectivity index (χ0) is 14.2. The van der Waals surface area contributed by atoms with Gasteiger partial charge in [-0.05, 0) is 13.0 Å². The van der Waals surface area contributed by atoms with Crippen LogP contribution in [-0.4, -0.2) is 28.8 Å². The van der Waals surface area contributed by atoms with E-state index in [1.54, 1.807) is 30.9 Å². The average molecular weight is 290 g/mol. The van der Waals surface area contributed by atoms with Crippen LogP contribution in [-0.2, 0) is 16.0 Å². The van der Waals surface area contributed by atoms with Crippen molar-refractivity contribution in [3.8, 4) is 0 Å². The first-order valence-corrected chi connectivity index (χ1v) is 6.95. The van der Waals surface area contributed by atoms with E-state index in [4.69, 9.17) is 4.74 Å². The van der Waals surface area contributed by atoms with Gasteiger partial charge in [0, 0.05) is 23.3 Å². The minimum Gasteiger partial charge on any atom is -0.466 e. The number of hydrogen-bond acceptors (Lipinski definition) is 7. The first kappa shape index (κ1) is 14.1. The summed E-state index contributed by atoms with van der Waals surface area (Å²) in [5.74, 6) is -0.275.